The first-order valence-corrected chi connectivity index (χ1v) is 13.7. The molecule has 2 saturated carbocycles. The van der Waals surface area contributed by atoms with E-state index in [0.29, 0.717) is 37.3 Å². The maximum atomic E-state index is 12.8. The van der Waals surface area contributed by atoms with Gasteiger partial charge in [0.05, 0.1) is 18.1 Å². The first-order valence-electron chi connectivity index (χ1n) is 11.9. The molecule has 1 saturated heterocycles. The van der Waals surface area contributed by atoms with Crippen molar-refractivity contribution in [3.63, 3.8) is 0 Å². The van der Waals surface area contributed by atoms with E-state index in [-0.39, 0.29) is 4.90 Å². The van der Waals surface area contributed by atoms with E-state index in [1.165, 1.54) is 61.4 Å². The van der Waals surface area contributed by atoms with Crippen molar-refractivity contribution in [2.45, 2.75) is 62.7 Å². The van der Waals surface area contributed by atoms with Gasteiger partial charge in [-0.3, -0.25) is 5.43 Å². The van der Waals surface area contributed by atoms with Crippen molar-refractivity contribution in [2.75, 3.05) is 31.6 Å². The Morgan fingerprint density at radius 2 is 1.69 bits per heavy atom. The summed E-state index contributed by atoms with van der Waals surface area (Å²) in [6, 6.07) is 6.70. The van der Waals surface area contributed by atoms with Crippen molar-refractivity contribution in [1.29, 1.82) is 0 Å². The second kappa shape index (κ2) is 11.0. The van der Waals surface area contributed by atoms with Crippen LogP contribution in [0.4, 0.5) is 5.69 Å². The Kier molecular flexibility index (Phi) is 8.15. The van der Waals surface area contributed by atoms with E-state index in [2.05, 4.69) is 10.7 Å². The third kappa shape index (κ3) is 5.87. The average Bonchev–Trinajstić information content (AvgIpc) is 2.84. The number of morpholine rings is 1. The van der Waals surface area contributed by atoms with Gasteiger partial charge in [0, 0.05) is 30.4 Å². The normalized spacial score (nSPS) is 24.9. The van der Waals surface area contributed by atoms with E-state index < -0.39 is 10.0 Å². The van der Waals surface area contributed by atoms with Gasteiger partial charge in [-0.2, -0.15) is 9.41 Å². The zero-order valence-electron chi connectivity index (χ0n) is 18.6. The molecule has 9 heteroatoms. The van der Waals surface area contributed by atoms with Gasteiger partial charge >= 0.3 is 0 Å². The number of benzene rings is 1. The highest BCUT2D eigenvalue weighted by atomic mass is 32.2. The van der Waals surface area contributed by atoms with Crippen LogP contribution in [0.5, 0.6) is 0 Å². The smallest absolute Gasteiger partial charge is 0.243 e. The summed E-state index contributed by atoms with van der Waals surface area (Å²) in [5.74, 6) is 1.36. The van der Waals surface area contributed by atoms with Crippen LogP contribution in [0.25, 0.3) is 0 Å². The number of nitrogens with one attached hydrogen (secondary N) is 2. The van der Waals surface area contributed by atoms with Gasteiger partial charge in [0.25, 0.3) is 0 Å². The number of thiocarbonyl (C=S) groups is 1. The molecule has 1 atom stereocenters. The minimum Gasteiger partial charge on any atom is -0.379 e. The van der Waals surface area contributed by atoms with Crippen LogP contribution in [0.2, 0.25) is 0 Å². The van der Waals surface area contributed by atoms with Crippen molar-refractivity contribution in [2.24, 2.45) is 16.9 Å². The standard InChI is InChI=1S/C23H34N4O3S2/c28-32(29,27-14-16-30-17-15-27)20-12-10-19(11-13-20)24-23(31)26-25-22-9-5-4-8-21(22)18-6-2-1-3-7-18/h10-13,18,21H,1-9,14-17H2,(H2,24,26,31)/b25-22+/t21-/m0/s1. The molecular formula is C23H34N4O3S2. The summed E-state index contributed by atoms with van der Waals surface area (Å²) in [4.78, 5) is 0.279. The summed E-state index contributed by atoms with van der Waals surface area (Å²) in [6.45, 7) is 1.64. The van der Waals surface area contributed by atoms with Crippen LogP contribution in [0, 0.1) is 11.8 Å². The van der Waals surface area contributed by atoms with Crippen molar-refractivity contribution < 1.29 is 13.2 Å². The summed E-state index contributed by atoms with van der Waals surface area (Å²) in [5.41, 5.74) is 5.03. The Morgan fingerprint density at radius 3 is 2.41 bits per heavy atom. The molecule has 3 aliphatic rings. The predicted octanol–water partition coefficient (Wildman–Crippen LogP) is 4.12. The van der Waals surface area contributed by atoms with Crippen LogP contribution in [-0.4, -0.2) is 49.9 Å². The first-order chi connectivity index (χ1) is 15.5. The Bertz CT molecular complexity index is 906. The quantitative estimate of drug-likeness (QED) is 0.489. The van der Waals surface area contributed by atoms with E-state index in [4.69, 9.17) is 22.1 Å². The molecule has 7 nitrogen and oxygen atoms in total. The number of hydrogen-bond donors (Lipinski definition) is 2. The van der Waals surface area contributed by atoms with Crippen molar-refractivity contribution in [1.82, 2.24) is 9.73 Å². The molecule has 1 aliphatic heterocycles. The fourth-order valence-corrected chi connectivity index (χ4v) is 6.70. The van der Waals surface area contributed by atoms with E-state index in [9.17, 15) is 8.42 Å². The number of nitrogens with zero attached hydrogens (tertiary/aromatic N) is 2. The third-order valence-electron chi connectivity index (χ3n) is 6.87. The largest absolute Gasteiger partial charge is 0.379 e. The minimum absolute atomic E-state index is 0.279. The number of rotatable bonds is 5. The number of ether oxygens (including phenoxy) is 1. The third-order valence-corrected chi connectivity index (χ3v) is 8.97. The molecule has 0 radical (unpaired) electrons. The first kappa shape index (κ1) is 23.6. The molecule has 32 heavy (non-hydrogen) atoms. The summed E-state index contributed by atoms with van der Waals surface area (Å²) in [7, 11) is -3.49. The molecular weight excluding hydrogens is 444 g/mol. The maximum Gasteiger partial charge on any atom is 0.243 e. The second-order valence-corrected chi connectivity index (χ2v) is 11.3. The number of hydrogen-bond acceptors (Lipinski definition) is 5. The van der Waals surface area contributed by atoms with Crippen LogP contribution in [0.15, 0.2) is 34.3 Å². The summed E-state index contributed by atoms with van der Waals surface area (Å²) in [6.07, 6.45) is 11.5. The van der Waals surface area contributed by atoms with Crippen LogP contribution in [0.3, 0.4) is 0 Å². The molecule has 2 N–H and O–H groups in total. The molecule has 2 aliphatic carbocycles. The fourth-order valence-electron chi connectivity index (χ4n) is 5.13. The summed E-state index contributed by atoms with van der Waals surface area (Å²) in [5, 5.41) is 8.25. The molecule has 3 fully saturated rings. The summed E-state index contributed by atoms with van der Waals surface area (Å²) < 4.78 is 32.2. The molecule has 0 aromatic heterocycles. The average molecular weight is 479 g/mol. The Labute approximate surface area is 197 Å². The second-order valence-electron chi connectivity index (χ2n) is 8.96. The maximum absolute atomic E-state index is 12.8. The predicted molar refractivity (Wildman–Crippen MR) is 131 cm³/mol. The van der Waals surface area contributed by atoms with Gasteiger partial charge in [0.2, 0.25) is 10.0 Å². The topological polar surface area (TPSA) is 83.0 Å². The van der Waals surface area contributed by atoms with Crippen molar-refractivity contribution in [3.05, 3.63) is 24.3 Å². The van der Waals surface area contributed by atoms with E-state index in [0.717, 1.165) is 18.0 Å². The fraction of sp³-hybridized carbons (Fsp3) is 0.652. The lowest BCUT2D eigenvalue weighted by Gasteiger charge is -2.34. The van der Waals surface area contributed by atoms with Crippen molar-refractivity contribution in [3.8, 4) is 0 Å². The molecule has 4 rings (SSSR count). The lowest BCUT2D eigenvalue weighted by molar-refractivity contribution is 0.0730. The summed E-state index contributed by atoms with van der Waals surface area (Å²) >= 11 is 5.44. The highest BCUT2D eigenvalue weighted by Crippen LogP contribution is 2.36. The van der Waals surface area contributed by atoms with Gasteiger partial charge in [-0.25, -0.2) is 8.42 Å². The molecule has 0 unspecified atom stereocenters. The number of sulfonamides is 1. The van der Waals surface area contributed by atoms with Gasteiger partial charge in [0.1, 0.15) is 0 Å². The van der Waals surface area contributed by atoms with Crippen LogP contribution < -0.4 is 10.7 Å². The number of anilines is 1. The lowest BCUT2D eigenvalue weighted by atomic mass is 9.72. The van der Waals surface area contributed by atoms with Crippen molar-refractivity contribution >= 4 is 38.8 Å². The highest BCUT2D eigenvalue weighted by Gasteiger charge is 2.30. The number of hydrazone groups is 1. The van der Waals surface area contributed by atoms with E-state index in [1.54, 1.807) is 24.3 Å². The van der Waals surface area contributed by atoms with Crippen LogP contribution >= 0.6 is 12.2 Å². The van der Waals surface area contributed by atoms with Gasteiger partial charge in [0.15, 0.2) is 5.11 Å². The van der Waals surface area contributed by atoms with Gasteiger partial charge in [-0.15, -0.1) is 0 Å². The Balaban J connectivity index is 1.34. The zero-order valence-corrected chi connectivity index (χ0v) is 20.2. The molecule has 0 spiro atoms. The zero-order chi connectivity index (χ0) is 22.4. The van der Waals surface area contributed by atoms with Gasteiger partial charge in [-0.1, -0.05) is 25.7 Å². The van der Waals surface area contributed by atoms with E-state index >= 15 is 0 Å². The molecule has 0 amide bonds. The molecule has 1 heterocycles. The van der Waals surface area contributed by atoms with Crippen LogP contribution in [0.1, 0.15) is 57.8 Å². The SMILES string of the molecule is O=S(=O)(c1ccc(NC(=S)N/N=C2\CCCC[C@H]2C2CCCCC2)cc1)N1CCOCC1. The minimum atomic E-state index is -3.49. The van der Waals surface area contributed by atoms with Gasteiger partial charge < -0.3 is 10.1 Å². The molecule has 176 valence electrons. The monoisotopic (exact) mass is 478 g/mol. The van der Waals surface area contributed by atoms with E-state index in [1.807, 2.05) is 0 Å². The molecule has 0 bridgehead atoms. The lowest BCUT2D eigenvalue weighted by Crippen LogP contribution is -2.40. The Hall–Kier alpha value is -1.55. The highest BCUT2D eigenvalue weighted by molar-refractivity contribution is 7.89. The van der Waals surface area contributed by atoms with Gasteiger partial charge in [-0.05, 0) is 74.5 Å². The Morgan fingerprint density at radius 1 is 1.00 bits per heavy atom. The van der Waals surface area contributed by atoms with Crippen LogP contribution in [-0.2, 0) is 14.8 Å². The molecule has 1 aromatic carbocycles. The molecule has 1 aromatic rings.